The van der Waals surface area contributed by atoms with Crippen LogP contribution in [0.5, 0.6) is 0 Å². The molecule has 6 heteroatoms. The Bertz CT molecular complexity index is 1230. The van der Waals surface area contributed by atoms with Gasteiger partial charge in [0.15, 0.2) is 6.10 Å². The minimum Gasteiger partial charge on any atom is -0.462 e. The zero-order valence-electron chi connectivity index (χ0n) is 47.5. The second-order valence-electron chi connectivity index (χ2n) is 21.0. The van der Waals surface area contributed by atoms with E-state index >= 15 is 0 Å². The molecule has 1 unspecified atom stereocenters. The quantitative estimate of drug-likeness (QED) is 0.0261. The zero-order chi connectivity index (χ0) is 51.4. The summed E-state index contributed by atoms with van der Waals surface area (Å²) in [5, 5.41) is 0. The first-order valence-electron chi connectivity index (χ1n) is 31.1. The van der Waals surface area contributed by atoms with Gasteiger partial charge in [0.25, 0.3) is 0 Å². The molecule has 0 heterocycles. The van der Waals surface area contributed by atoms with E-state index in [2.05, 4.69) is 69.4 Å². The summed E-state index contributed by atoms with van der Waals surface area (Å²) < 4.78 is 16.9. The van der Waals surface area contributed by atoms with Crippen molar-refractivity contribution in [2.75, 3.05) is 13.2 Å². The smallest absolute Gasteiger partial charge is 0.306 e. The van der Waals surface area contributed by atoms with Crippen LogP contribution in [0.1, 0.15) is 329 Å². The molecule has 0 saturated carbocycles. The maximum Gasteiger partial charge on any atom is 0.306 e. The average molecular weight is 996 g/mol. The number of rotatable bonds is 57. The van der Waals surface area contributed by atoms with Gasteiger partial charge in [0.2, 0.25) is 0 Å². The SMILES string of the molecule is CCC/C=C\C/C=C\CCCCCCCC(=O)OCC(COC(=O)CCCCCCCCCCCCCCCCCCCCCCC)OC(=O)CCCCCCCCCCC/C=C\C/C=C\CCCCC. The number of carbonyl (C=O) groups is 3. The highest BCUT2D eigenvalue weighted by atomic mass is 16.6. The van der Waals surface area contributed by atoms with E-state index < -0.39 is 6.10 Å². The van der Waals surface area contributed by atoms with Crippen molar-refractivity contribution in [3.05, 3.63) is 48.6 Å². The summed E-state index contributed by atoms with van der Waals surface area (Å²) in [6.07, 6.45) is 74.0. The molecule has 0 spiro atoms. The van der Waals surface area contributed by atoms with Gasteiger partial charge in [0.05, 0.1) is 0 Å². The number of hydrogen-bond acceptors (Lipinski definition) is 6. The summed E-state index contributed by atoms with van der Waals surface area (Å²) in [5.41, 5.74) is 0. The fourth-order valence-electron chi connectivity index (χ4n) is 9.10. The van der Waals surface area contributed by atoms with Crippen molar-refractivity contribution in [3.8, 4) is 0 Å². The van der Waals surface area contributed by atoms with E-state index in [0.29, 0.717) is 19.3 Å². The number of allylic oxidation sites excluding steroid dienone is 8. The molecule has 0 saturated heterocycles. The van der Waals surface area contributed by atoms with Crippen molar-refractivity contribution >= 4 is 17.9 Å². The molecule has 0 aliphatic rings. The number of esters is 3. The lowest BCUT2D eigenvalue weighted by molar-refractivity contribution is -0.167. The van der Waals surface area contributed by atoms with Gasteiger partial charge in [-0.05, 0) is 77.0 Å². The maximum absolute atomic E-state index is 12.9. The van der Waals surface area contributed by atoms with Crippen LogP contribution in [-0.4, -0.2) is 37.2 Å². The third-order valence-corrected chi connectivity index (χ3v) is 13.8. The summed E-state index contributed by atoms with van der Waals surface area (Å²) in [5.74, 6) is -0.876. The first kappa shape index (κ1) is 68.4. The third-order valence-electron chi connectivity index (χ3n) is 13.8. The van der Waals surface area contributed by atoms with Crippen LogP contribution in [-0.2, 0) is 28.6 Å². The minimum atomic E-state index is -0.780. The highest BCUT2D eigenvalue weighted by Gasteiger charge is 2.19. The molecule has 0 aromatic heterocycles. The van der Waals surface area contributed by atoms with Gasteiger partial charge in [-0.2, -0.15) is 0 Å². The summed E-state index contributed by atoms with van der Waals surface area (Å²) >= 11 is 0. The fraction of sp³-hybridized carbons (Fsp3) is 0.831. The number of ether oxygens (including phenoxy) is 3. The number of carbonyl (C=O) groups excluding carboxylic acids is 3. The molecule has 1 atom stereocenters. The molecule has 71 heavy (non-hydrogen) atoms. The van der Waals surface area contributed by atoms with Gasteiger partial charge in [-0.1, -0.05) is 281 Å². The summed E-state index contributed by atoms with van der Waals surface area (Å²) in [6.45, 7) is 6.59. The Labute approximate surface area is 441 Å². The molecule has 0 aliphatic carbocycles. The number of hydrogen-bond donors (Lipinski definition) is 0. The molecule has 0 aromatic carbocycles. The monoisotopic (exact) mass is 995 g/mol. The first-order chi connectivity index (χ1) is 35.0. The van der Waals surface area contributed by atoms with Gasteiger partial charge >= 0.3 is 17.9 Å². The first-order valence-corrected chi connectivity index (χ1v) is 31.1. The van der Waals surface area contributed by atoms with Crippen LogP contribution in [0.15, 0.2) is 48.6 Å². The van der Waals surface area contributed by atoms with E-state index in [-0.39, 0.29) is 31.1 Å². The standard InChI is InChI=1S/C65H118O6/c1-4-7-10-13-16-19-22-25-27-29-31-32-34-35-37-40-43-46-49-52-55-58-64(67)70-61-62(60-69-63(66)57-54-51-48-45-42-39-24-21-18-15-12-9-6-3)71-65(68)59-56-53-50-47-44-41-38-36-33-30-28-26-23-20-17-14-11-8-5-2/h12,15,17,20-21,24,26,28,62H,4-11,13-14,16,18-19,22-23,25,27,29-61H2,1-3H3/b15-12-,20-17-,24-21-,28-26-. The lowest BCUT2D eigenvalue weighted by atomic mass is 10.0. The number of unbranched alkanes of at least 4 members (excludes halogenated alkanes) is 38. The van der Waals surface area contributed by atoms with Gasteiger partial charge in [0.1, 0.15) is 13.2 Å². The highest BCUT2D eigenvalue weighted by molar-refractivity contribution is 5.71. The molecule has 0 amide bonds. The van der Waals surface area contributed by atoms with Crippen LogP contribution in [0.25, 0.3) is 0 Å². The molecule has 0 aliphatic heterocycles. The van der Waals surface area contributed by atoms with Gasteiger partial charge in [0, 0.05) is 19.3 Å². The van der Waals surface area contributed by atoms with E-state index in [0.717, 1.165) is 89.9 Å². The topological polar surface area (TPSA) is 78.9 Å². The van der Waals surface area contributed by atoms with Crippen LogP contribution < -0.4 is 0 Å². The minimum absolute atomic E-state index is 0.0760. The van der Waals surface area contributed by atoms with Crippen molar-refractivity contribution in [3.63, 3.8) is 0 Å². The van der Waals surface area contributed by atoms with Gasteiger partial charge in [-0.25, -0.2) is 0 Å². The molecular formula is C65H118O6. The average Bonchev–Trinajstić information content (AvgIpc) is 3.37. The molecular weight excluding hydrogens is 877 g/mol. The Morgan fingerprint density at radius 1 is 0.282 bits per heavy atom. The molecule has 6 nitrogen and oxygen atoms in total. The van der Waals surface area contributed by atoms with Crippen molar-refractivity contribution < 1.29 is 28.6 Å². The Hall–Kier alpha value is -2.63. The van der Waals surface area contributed by atoms with Crippen LogP contribution in [0.2, 0.25) is 0 Å². The summed E-state index contributed by atoms with van der Waals surface area (Å²) in [6, 6.07) is 0. The Kier molecular flexibility index (Phi) is 57.7. The van der Waals surface area contributed by atoms with Gasteiger partial charge in [-0.3, -0.25) is 14.4 Å². The normalized spacial score (nSPS) is 12.3. The Morgan fingerprint density at radius 2 is 0.535 bits per heavy atom. The molecule has 0 N–H and O–H groups in total. The largest absolute Gasteiger partial charge is 0.462 e. The van der Waals surface area contributed by atoms with Crippen LogP contribution in [0, 0.1) is 0 Å². The van der Waals surface area contributed by atoms with Crippen molar-refractivity contribution in [2.24, 2.45) is 0 Å². The van der Waals surface area contributed by atoms with Crippen molar-refractivity contribution in [1.82, 2.24) is 0 Å². The predicted octanol–water partition coefficient (Wildman–Crippen LogP) is 21.0. The van der Waals surface area contributed by atoms with E-state index in [4.69, 9.17) is 14.2 Å². The van der Waals surface area contributed by atoms with Crippen LogP contribution in [0.3, 0.4) is 0 Å². The highest BCUT2D eigenvalue weighted by Crippen LogP contribution is 2.17. The molecule has 0 fully saturated rings. The molecule has 414 valence electrons. The second kappa shape index (κ2) is 59.9. The predicted molar refractivity (Wildman–Crippen MR) is 307 cm³/mol. The second-order valence-corrected chi connectivity index (χ2v) is 21.0. The molecule has 0 radical (unpaired) electrons. The van der Waals surface area contributed by atoms with E-state index in [1.54, 1.807) is 0 Å². The van der Waals surface area contributed by atoms with E-state index in [1.807, 2.05) is 0 Å². The Balaban J connectivity index is 4.30. The molecule has 0 aromatic rings. The summed E-state index contributed by atoms with van der Waals surface area (Å²) in [4.78, 5) is 38.2. The van der Waals surface area contributed by atoms with Crippen LogP contribution >= 0.6 is 0 Å². The van der Waals surface area contributed by atoms with Crippen molar-refractivity contribution in [1.29, 1.82) is 0 Å². The van der Waals surface area contributed by atoms with Crippen molar-refractivity contribution in [2.45, 2.75) is 335 Å². The van der Waals surface area contributed by atoms with E-state index in [9.17, 15) is 14.4 Å². The fourth-order valence-corrected chi connectivity index (χ4v) is 9.10. The third kappa shape index (κ3) is 58.1. The van der Waals surface area contributed by atoms with Gasteiger partial charge < -0.3 is 14.2 Å². The Morgan fingerprint density at radius 3 is 0.859 bits per heavy atom. The molecule has 0 rings (SSSR count). The maximum atomic E-state index is 12.9. The molecule has 0 bridgehead atoms. The van der Waals surface area contributed by atoms with E-state index in [1.165, 1.54) is 199 Å². The van der Waals surface area contributed by atoms with Gasteiger partial charge in [-0.15, -0.1) is 0 Å². The lowest BCUT2D eigenvalue weighted by Crippen LogP contribution is -2.30. The van der Waals surface area contributed by atoms with Crippen LogP contribution in [0.4, 0.5) is 0 Å². The lowest BCUT2D eigenvalue weighted by Gasteiger charge is -2.18. The summed E-state index contributed by atoms with van der Waals surface area (Å²) in [7, 11) is 0. The zero-order valence-corrected chi connectivity index (χ0v) is 47.5.